The van der Waals surface area contributed by atoms with E-state index in [1.807, 2.05) is 0 Å². The lowest BCUT2D eigenvalue weighted by Crippen LogP contribution is -2.53. The summed E-state index contributed by atoms with van der Waals surface area (Å²) in [5.41, 5.74) is 0.455. The van der Waals surface area contributed by atoms with Gasteiger partial charge in [0, 0.05) is 12.3 Å². The van der Waals surface area contributed by atoms with Gasteiger partial charge >= 0.3 is 0 Å². The fourth-order valence-corrected chi connectivity index (χ4v) is 5.24. The Morgan fingerprint density at radius 3 is 2.50 bits per heavy atom. The molecule has 22 heavy (non-hydrogen) atoms. The molecule has 2 fully saturated rings. The highest BCUT2D eigenvalue weighted by molar-refractivity contribution is 6.69. The molecule has 2 aliphatic rings. The first-order valence-corrected chi connectivity index (χ1v) is 12.2. The van der Waals surface area contributed by atoms with Gasteiger partial charge in [-0.15, -0.1) is 0 Å². The summed E-state index contributed by atoms with van der Waals surface area (Å²) >= 11 is 0. The summed E-state index contributed by atoms with van der Waals surface area (Å²) in [6, 6.07) is 0. The van der Waals surface area contributed by atoms with Crippen molar-refractivity contribution in [3.8, 4) is 0 Å². The molecule has 3 nitrogen and oxygen atoms in total. The highest BCUT2D eigenvalue weighted by Crippen LogP contribution is 2.58. The molecule has 0 heterocycles. The van der Waals surface area contributed by atoms with Gasteiger partial charge in [0.1, 0.15) is 12.6 Å². The molecule has 128 valence electrons. The minimum atomic E-state index is -1.55. The second-order valence-electron chi connectivity index (χ2n) is 9.20. The Hall–Kier alpha value is -0.193. The van der Waals surface area contributed by atoms with Crippen molar-refractivity contribution in [2.24, 2.45) is 22.7 Å². The van der Waals surface area contributed by atoms with Gasteiger partial charge in [0.15, 0.2) is 8.32 Å². The second kappa shape index (κ2) is 6.37. The Labute approximate surface area is 137 Å². The third kappa shape index (κ3) is 3.82. The van der Waals surface area contributed by atoms with Crippen LogP contribution in [-0.2, 0) is 14.0 Å². The SMILES string of the molecule is CC1(C)CCC[C@]2(C)[C@@H](COCO[Si](C)(C)C)C(=O)CC[C@@H]12. The van der Waals surface area contributed by atoms with Gasteiger partial charge in [0.25, 0.3) is 0 Å². The van der Waals surface area contributed by atoms with E-state index in [2.05, 4.69) is 40.4 Å². The lowest BCUT2D eigenvalue weighted by Gasteiger charge is -2.56. The molecule has 4 heteroatoms. The molecule has 0 aromatic rings. The molecule has 0 spiro atoms. The molecule has 0 saturated heterocycles. The predicted molar refractivity (Wildman–Crippen MR) is 92.2 cm³/mol. The Morgan fingerprint density at radius 1 is 1.18 bits per heavy atom. The third-order valence-electron chi connectivity index (χ3n) is 6.00. The molecule has 0 amide bonds. The van der Waals surface area contributed by atoms with Crippen molar-refractivity contribution < 1.29 is 14.0 Å². The van der Waals surface area contributed by atoms with E-state index in [0.29, 0.717) is 30.5 Å². The lowest BCUT2D eigenvalue weighted by molar-refractivity contribution is -0.151. The summed E-state index contributed by atoms with van der Waals surface area (Å²) in [5.74, 6) is 1.10. The van der Waals surface area contributed by atoms with Crippen LogP contribution in [0.15, 0.2) is 0 Å². The van der Waals surface area contributed by atoms with Gasteiger partial charge in [-0.2, -0.15) is 0 Å². The summed E-state index contributed by atoms with van der Waals surface area (Å²) in [6.45, 7) is 14.4. The highest BCUT2D eigenvalue weighted by atomic mass is 28.4. The van der Waals surface area contributed by atoms with E-state index in [9.17, 15) is 4.79 Å². The third-order valence-corrected chi connectivity index (χ3v) is 6.98. The van der Waals surface area contributed by atoms with Crippen LogP contribution in [0.1, 0.15) is 52.9 Å². The smallest absolute Gasteiger partial charge is 0.186 e. The van der Waals surface area contributed by atoms with Crippen molar-refractivity contribution in [1.29, 1.82) is 0 Å². The monoisotopic (exact) mass is 326 g/mol. The number of Topliss-reactive ketones (excluding diaryl/α,β-unsaturated/α-hetero) is 1. The summed E-state index contributed by atoms with van der Waals surface area (Å²) < 4.78 is 11.6. The summed E-state index contributed by atoms with van der Waals surface area (Å²) in [6.07, 6.45) is 5.47. The van der Waals surface area contributed by atoms with E-state index in [0.717, 1.165) is 19.3 Å². The highest BCUT2D eigenvalue weighted by Gasteiger charge is 2.54. The van der Waals surface area contributed by atoms with Crippen LogP contribution >= 0.6 is 0 Å². The fraction of sp³-hybridized carbons (Fsp3) is 0.944. The molecule has 2 rings (SSSR count). The Kier molecular flexibility index (Phi) is 5.25. The summed E-state index contributed by atoms with van der Waals surface area (Å²) in [7, 11) is -1.55. The number of ether oxygens (including phenoxy) is 1. The number of ketones is 1. The van der Waals surface area contributed by atoms with Crippen LogP contribution in [0.2, 0.25) is 19.6 Å². The molecule has 0 bridgehead atoms. The molecular formula is C18H34O3Si. The topological polar surface area (TPSA) is 35.5 Å². The van der Waals surface area contributed by atoms with Crippen LogP contribution in [0.25, 0.3) is 0 Å². The van der Waals surface area contributed by atoms with E-state index in [-0.39, 0.29) is 11.3 Å². The maximum Gasteiger partial charge on any atom is 0.186 e. The first-order chi connectivity index (χ1) is 10.1. The molecule has 0 N–H and O–H groups in total. The van der Waals surface area contributed by atoms with Crippen LogP contribution in [0, 0.1) is 22.7 Å². The molecule has 2 aliphatic carbocycles. The van der Waals surface area contributed by atoms with Gasteiger partial charge < -0.3 is 9.16 Å². The molecule has 0 aromatic heterocycles. The van der Waals surface area contributed by atoms with E-state index in [1.165, 1.54) is 12.8 Å². The van der Waals surface area contributed by atoms with Crippen LogP contribution < -0.4 is 0 Å². The van der Waals surface area contributed by atoms with Crippen molar-refractivity contribution in [3.63, 3.8) is 0 Å². The number of rotatable bonds is 5. The quantitative estimate of drug-likeness (QED) is 0.420. The Balaban J connectivity index is 2.03. The lowest BCUT2D eigenvalue weighted by atomic mass is 9.48. The Morgan fingerprint density at radius 2 is 1.86 bits per heavy atom. The van der Waals surface area contributed by atoms with Gasteiger partial charge in [-0.25, -0.2) is 0 Å². The zero-order chi connectivity index (χ0) is 16.6. The van der Waals surface area contributed by atoms with Crippen molar-refractivity contribution in [1.82, 2.24) is 0 Å². The second-order valence-corrected chi connectivity index (χ2v) is 13.7. The molecule has 2 saturated carbocycles. The molecule has 0 aromatic carbocycles. The van der Waals surface area contributed by atoms with E-state index in [1.54, 1.807) is 0 Å². The standard InChI is InChI=1S/C18H34O3Si/c1-17(2)10-7-11-18(3)14(15(19)8-9-16(17)18)12-20-13-21-22(4,5)6/h14,16H,7-13H2,1-6H3/t14-,16-,18+/m0/s1. The fourth-order valence-electron chi connectivity index (χ4n) is 4.80. The molecule has 3 atom stereocenters. The molecule has 0 aliphatic heterocycles. The van der Waals surface area contributed by atoms with Crippen molar-refractivity contribution >= 4 is 14.1 Å². The minimum Gasteiger partial charge on any atom is -0.395 e. The molecule has 0 unspecified atom stereocenters. The maximum absolute atomic E-state index is 12.5. The average molecular weight is 327 g/mol. The minimum absolute atomic E-state index is 0.0519. The summed E-state index contributed by atoms with van der Waals surface area (Å²) in [5, 5.41) is 0. The largest absolute Gasteiger partial charge is 0.395 e. The number of hydrogen-bond donors (Lipinski definition) is 0. The zero-order valence-corrected chi connectivity index (χ0v) is 16.3. The van der Waals surface area contributed by atoms with Crippen molar-refractivity contribution in [3.05, 3.63) is 0 Å². The van der Waals surface area contributed by atoms with Gasteiger partial charge in [-0.05, 0) is 55.7 Å². The van der Waals surface area contributed by atoms with Crippen molar-refractivity contribution in [2.75, 3.05) is 13.4 Å². The van der Waals surface area contributed by atoms with Crippen LogP contribution in [0.3, 0.4) is 0 Å². The molecule has 0 radical (unpaired) electrons. The van der Waals surface area contributed by atoms with Crippen molar-refractivity contribution in [2.45, 2.75) is 72.5 Å². The van der Waals surface area contributed by atoms with E-state index >= 15 is 0 Å². The van der Waals surface area contributed by atoms with Gasteiger partial charge in [-0.1, -0.05) is 27.2 Å². The van der Waals surface area contributed by atoms with E-state index in [4.69, 9.17) is 9.16 Å². The predicted octanol–water partition coefficient (Wildman–Crippen LogP) is 4.62. The number of fused-ring (bicyclic) bond motifs is 1. The van der Waals surface area contributed by atoms with E-state index < -0.39 is 8.32 Å². The van der Waals surface area contributed by atoms with Crippen LogP contribution in [-0.4, -0.2) is 27.5 Å². The van der Waals surface area contributed by atoms with Gasteiger partial charge in [0.2, 0.25) is 0 Å². The van der Waals surface area contributed by atoms with Gasteiger partial charge in [0.05, 0.1) is 6.61 Å². The molecular weight excluding hydrogens is 292 g/mol. The maximum atomic E-state index is 12.5. The van der Waals surface area contributed by atoms with Gasteiger partial charge in [-0.3, -0.25) is 4.79 Å². The first-order valence-electron chi connectivity index (χ1n) is 8.81. The Bertz CT molecular complexity index is 413. The number of carbonyl (C=O) groups is 1. The zero-order valence-electron chi connectivity index (χ0n) is 15.3. The number of carbonyl (C=O) groups excluding carboxylic acids is 1. The first kappa shape index (κ1) is 18.1. The number of hydrogen-bond acceptors (Lipinski definition) is 3. The van der Waals surface area contributed by atoms with Crippen LogP contribution in [0.4, 0.5) is 0 Å². The van der Waals surface area contributed by atoms with Crippen LogP contribution in [0.5, 0.6) is 0 Å². The normalized spacial score (nSPS) is 35.3. The summed E-state index contributed by atoms with van der Waals surface area (Å²) in [4.78, 5) is 12.5. The average Bonchev–Trinajstić information content (AvgIpc) is 2.34.